The van der Waals surface area contributed by atoms with Gasteiger partial charge >= 0.3 is 12.0 Å². The van der Waals surface area contributed by atoms with E-state index >= 15 is 0 Å². The maximum absolute atomic E-state index is 12.5. The number of anilines is 1. The number of esters is 1. The van der Waals surface area contributed by atoms with E-state index in [1.54, 1.807) is 11.8 Å². The summed E-state index contributed by atoms with van der Waals surface area (Å²) in [5.41, 5.74) is 1.87. The maximum atomic E-state index is 12.5. The molecular weight excluding hydrogens is 362 g/mol. The number of carbonyl (C=O) groups is 4. The fourth-order valence-corrected chi connectivity index (χ4v) is 3.09. The lowest BCUT2D eigenvalue weighted by Crippen LogP contribution is -2.41. The van der Waals surface area contributed by atoms with E-state index in [9.17, 15) is 19.2 Å². The van der Waals surface area contributed by atoms with Crippen molar-refractivity contribution in [3.05, 3.63) is 29.8 Å². The molecule has 152 valence electrons. The van der Waals surface area contributed by atoms with E-state index in [1.807, 2.05) is 24.3 Å². The van der Waals surface area contributed by atoms with Crippen molar-refractivity contribution in [1.82, 2.24) is 10.6 Å². The van der Waals surface area contributed by atoms with E-state index in [1.165, 1.54) is 0 Å². The second-order valence-corrected chi connectivity index (χ2v) is 6.79. The summed E-state index contributed by atoms with van der Waals surface area (Å²) in [7, 11) is 0. The number of hydrogen-bond donors (Lipinski definition) is 2. The van der Waals surface area contributed by atoms with E-state index < -0.39 is 30.4 Å². The normalized spacial score (nSPS) is 17.2. The third-order valence-electron chi connectivity index (χ3n) is 4.77. The average Bonchev–Trinajstić information content (AvgIpc) is 3.07. The minimum Gasteiger partial charge on any atom is -0.455 e. The standard InChI is InChI=1S/C20H27N3O5/c1-4-13(3)15-8-6-7-9-16(15)23-11-14(10-18(23)25)19(26)28-12-17(24)22-20(27)21-5-2/h6-9,13-14H,4-5,10-12H2,1-3H3,(H2,21,22,24,27)/t13-,14+/m0/s1. The minimum absolute atomic E-state index is 0.0333. The van der Waals surface area contributed by atoms with E-state index in [4.69, 9.17) is 4.74 Å². The van der Waals surface area contributed by atoms with Crippen LogP contribution in [-0.4, -0.2) is 43.5 Å². The molecule has 28 heavy (non-hydrogen) atoms. The molecule has 0 aliphatic carbocycles. The van der Waals surface area contributed by atoms with Crippen molar-refractivity contribution in [2.45, 2.75) is 39.5 Å². The molecule has 8 nitrogen and oxygen atoms in total. The number of benzene rings is 1. The van der Waals surface area contributed by atoms with Crippen LogP contribution in [0.1, 0.15) is 45.1 Å². The Balaban J connectivity index is 1.96. The highest BCUT2D eigenvalue weighted by atomic mass is 16.5. The largest absolute Gasteiger partial charge is 0.455 e. The first-order valence-electron chi connectivity index (χ1n) is 9.50. The smallest absolute Gasteiger partial charge is 0.321 e. The molecule has 1 aromatic carbocycles. The zero-order valence-corrected chi connectivity index (χ0v) is 16.5. The van der Waals surface area contributed by atoms with Crippen LogP contribution in [0.25, 0.3) is 0 Å². The first-order valence-corrected chi connectivity index (χ1v) is 9.50. The van der Waals surface area contributed by atoms with Crippen molar-refractivity contribution in [1.29, 1.82) is 0 Å². The molecule has 0 saturated carbocycles. The zero-order valence-electron chi connectivity index (χ0n) is 16.5. The molecule has 4 amide bonds. The van der Waals surface area contributed by atoms with Gasteiger partial charge in [0, 0.05) is 25.2 Å². The van der Waals surface area contributed by atoms with E-state index in [0.29, 0.717) is 6.54 Å². The summed E-state index contributed by atoms with van der Waals surface area (Å²) >= 11 is 0. The lowest BCUT2D eigenvalue weighted by atomic mass is 9.96. The van der Waals surface area contributed by atoms with E-state index in [2.05, 4.69) is 24.5 Å². The first kappa shape index (κ1) is 21.4. The van der Waals surface area contributed by atoms with Gasteiger partial charge in [0.15, 0.2) is 6.61 Å². The number of ether oxygens (including phenoxy) is 1. The molecular formula is C20H27N3O5. The third-order valence-corrected chi connectivity index (χ3v) is 4.77. The molecule has 1 fully saturated rings. The predicted molar refractivity (Wildman–Crippen MR) is 104 cm³/mol. The van der Waals surface area contributed by atoms with Crippen LogP contribution in [0.4, 0.5) is 10.5 Å². The van der Waals surface area contributed by atoms with Crippen molar-refractivity contribution in [3.63, 3.8) is 0 Å². The van der Waals surface area contributed by atoms with Gasteiger partial charge < -0.3 is 15.0 Å². The summed E-state index contributed by atoms with van der Waals surface area (Å²) in [6.45, 7) is 5.91. The molecule has 2 atom stereocenters. The van der Waals surface area contributed by atoms with Gasteiger partial charge in [0.05, 0.1) is 5.92 Å². The van der Waals surface area contributed by atoms with Crippen LogP contribution in [0.5, 0.6) is 0 Å². The summed E-state index contributed by atoms with van der Waals surface area (Å²) in [6, 6.07) is 7.03. The lowest BCUT2D eigenvalue weighted by molar-refractivity contribution is -0.152. The highest BCUT2D eigenvalue weighted by Gasteiger charge is 2.37. The Morgan fingerprint density at radius 1 is 1.25 bits per heavy atom. The Kier molecular flexibility index (Phi) is 7.54. The highest BCUT2D eigenvalue weighted by molar-refractivity contribution is 6.00. The number of urea groups is 1. The van der Waals surface area contributed by atoms with Crippen LogP contribution < -0.4 is 15.5 Å². The number of imide groups is 1. The Hall–Kier alpha value is -2.90. The van der Waals surface area contributed by atoms with Gasteiger partial charge in [-0.05, 0) is 30.9 Å². The predicted octanol–water partition coefficient (Wildman–Crippen LogP) is 1.94. The van der Waals surface area contributed by atoms with Crippen molar-refractivity contribution in [2.75, 3.05) is 24.6 Å². The first-order chi connectivity index (χ1) is 13.4. The van der Waals surface area contributed by atoms with Crippen LogP contribution >= 0.6 is 0 Å². The number of nitrogens with zero attached hydrogens (tertiary/aromatic N) is 1. The maximum Gasteiger partial charge on any atom is 0.321 e. The highest BCUT2D eigenvalue weighted by Crippen LogP contribution is 2.33. The van der Waals surface area contributed by atoms with Gasteiger partial charge in [-0.15, -0.1) is 0 Å². The number of carbonyl (C=O) groups excluding carboxylic acids is 4. The molecule has 0 aromatic heterocycles. The van der Waals surface area contributed by atoms with Gasteiger partial charge in [0.1, 0.15) is 0 Å². The van der Waals surface area contributed by atoms with Crippen molar-refractivity contribution in [3.8, 4) is 0 Å². The summed E-state index contributed by atoms with van der Waals surface area (Å²) < 4.78 is 4.99. The van der Waals surface area contributed by atoms with Crippen LogP contribution in [0.3, 0.4) is 0 Å². The van der Waals surface area contributed by atoms with Crippen molar-refractivity contribution >= 4 is 29.5 Å². The topological polar surface area (TPSA) is 105 Å². The van der Waals surface area contributed by atoms with Gasteiger partial charge in [0.25, 0.3) is 5.91 Å². The Bertz CT molecular complexity index is 749. The van der Waals surface area contributed by atoms with Crippen LogP contribution in [0, 0.1) is 5.92 Å². The summed E-state index contributed by atoms with van der Waals surface area (Å²) in [5, 5.41) is 4.46. The van der Waals surface area contributed by atoms with Gasteiger partial charge in [-0.3, -0.25) is 19.7 Å². The molecule has 1 saturated heterocycles. The molecule has 2 rings (SSSR count). The molecule has 0 unspecified atom stereocenters. The fourth-order valence-electron chi connectivity index (χ4n) is 3.09. The molecule has 0 spiro atoms. The number of amides is 4. The fraction of sp³-hybridized carbons (Fsp3) is 0.500. The minimum atomic E-state index is -0.720. The lowest BCUT2D eigenvalue weighted by Gasteiger charge is -2.23. The second-order valence-electron chi connectivity index (χ2n) is 6.79. The Morgan fingerprint density at radius 2 is 1.96 bits per heavy atom. The molecule has 2 N–H and O–H groups in total. The molecule has 1 heterocycles. The number of rotatable bonds is 7. The molecule has 1 aromatic rings. The van der Waals surface area contributed by atoms with Crippen LogP contribution in [-0.2, 0) is 19.1 Å². The van der Waals surface area contributed by atoms with Crippen LogP contribution in [0.2, 0.25) is 0 Å². The van der Waals surface area contributed by atoms with Crippen molar-refractivity contribution in [2.24, 2.45) is 5.92 Å². The summed E-state index contributed by atoms with van der Waals surface area (Å²) in [5.74, 6) is -1.85. The zero-order chi connectivity index (χ0) is 20.7. The van der Waals surface area contributed by atoms with Crippen LogP contribution in [0.15, 0.2) is 24.3 Å². The number of nitrogens with one attached hydrogen (secondary N) is 2. The molecule has 0 bridgehead atoms. The van der Waals surface area contributed by atoms with Gasteiger partial charge in [-0.25, -0.2) is 4.79 Å². The number of hydrogen-bond acceptors (Lipinski definition) is 5. The third kappa shape index (κ3) is 5.31. The molecule has 1 aliphatic rings. The monoisotopic (exact) mass is 389 g/mol. The molecule has 8 heteroatoms. The Labute approximate surface area is 164 Å². The molecule has 1 aliphatic heterocycles. The second kappa shape index (κ2) is 9.87. The summed E-state index contributed by atoms with van der Waals surface area (Å²) in [6.07, 6.45) is 0.969. The van der Waals surface area contributed by atoms with Gasteiger partial charge in [-0.1, -0.05) is 32.0 Å². The SMILES string of the molecule is CCNC(=O)NC(=O)COC(=O)[C@@H]1CC(=O)N(c2ccccc2[C@@H](C)CC)C1. The van der Waals surface area contributed by atoms with E-state index in [0.717, 1.165) is 17.7 Å². The van der Waals surface area contributed by atoms with Gasteiger partial charge in [-0.2, -0.15) is 0 Å². The quantitative estimate of drug-likeness (QED) is 0.694. The number of para-hydroxylation sites is 1. The summed E-state index contributed by atoms with van der Waals surface area (Å²) in [4.78, 5) is 49.3. The molecule has 0 radical (unpaired) electrons. The van der Waals surface area contributed by atoms with Crippen molar-refractivity contribution < 1.29 is 23.9 Å². The average molecular weight is 389 g/mol. The van der Waals surface area contributed by atoms with Gasteiger partial charge in [0.2, 0.25) is 5.91 Å². The Morgan fingerprint density at radius 3 is 2.64 bits per heavy atom. The van der Waals surface area contributed by atoms with E-state index in [-0.39, 0.29) is 24.8 Å².